The van der Waals surface area contributed by atoms with E-state index >= 15 is 0 Å². The molecule has 0 radical (unpaired) electrons. The van der Waals surface area contributed by atoms with Crippen LogP contribution >= 0.6 is 34.7 Å². The number of fused-ring (bicyclic) bond motifs is 1. The van der Waals surface area contributed by atoms with Crippen molar-refractivity contribution in [2.45, 2.75) is 29.7 Å². The Morgan fingerprint density at radius 1 is 0.917 bits per heavy atom. The van der Waals surface area contributed by atoms with Gasteiger partial charge in [0, 0.05) is 16.3 Å². The maximum Gasteiger partial charge on any atom is 0.301 e. The Morgan fingerprint density at radius 2 is 1.67 bits per heavy atom. The van der Waals surface area contributed by atoms with Crippen LogP contribution in [0.5, 0.6) is 5.75 Å². The van der Waals surface area contributed by atoms with Gasteiger partial charge in [0.15, 0.2) is 4.34 Å². The van der Waals surface area contributed by atoms with E-state index in [2.05, 4.69) is 40.5 Å². The SMILES string of the molecule is Cc1cccc(COc2ccc(/C(O)=C3\C(=O)C(=O)N(c4nnc(SCc5cccc6ccccc56)s4)C3c3ccc(Cl)cc3)cc2)c1. The van der Waals surface area contributed by atoms with Crippen molar-refractivity contribution in [3.05, 3.63) is 154 Å². The fourth-order valence-electron chi connectivity index (χ4n) is 5.74. The van der Waals surface area contributed by atoms with Crippen LogP contribution in [0.4, 0.5) is 5.13 Å². The number of hydrogen-bond acceptors (Lipinski definition) is 8. The largest absolute Gasteiger partial charge is 0.507 e. The lowest BCUT2D eigenvalue weighted by Crippen LogP contribution is -2.29. The highest BCUT2D eigenvalue weighted by Crippen LogP contribution is 2.44. The zero-order chi connectivity index (χ0) is 33.2. The van der Waals surface area contributed by atoms with Crippen LogP contribution in [0.1, 0.15) is 33.9 Å². The Morgan fingerprint density at radius 3 is 2.46 bits per heavy atom. The van der Waals surface area contributed by atoms with E-state index in [1.807, 2.05) is 43.3 Å². The zero-order valence-corrected chi connectivity index (χ0v) is 28.1. The molecule has 1 unspecified atom stereocenters. The third-order valence-corrected chi connectivity index (χ3v) is 10.4. The molecule has 1 fully saturated rings. The Labute approximate surface area is 290 Å². The van der Waals surface area contributed by atoms with Gasteiger partial charge in [-0.25, -0.2) is 0 Å². The Bertz CT molecular complexity index is 2180. The predicted molar refractivity (Wildman–Crippen MR) is 192 cm³/mol. The summed E-state index contributed by atoms with van der Waals surface area (Å²) in [4.78, 5) is 28.6. The zero-order valence-electron chi connectivity index (χ0n) is 25.7. The molecule has 5 aromatic carbocycles. The number of ether oxygens (including phenoxy) is 1. The third kappa shape index (κ3) is 6.44. The lowest BCUT2D eigenvalue weighted by Gasteiger charge is -2.22. The number of thioether (sulfide) groups is 1. The van der Waals surface area contributed by atoms with Gasteiger partial charge in [0.25, 0.3) is 5.78 Å². The van der Waals surface area contributed by atoms with Crippen LogP contribution in [-0.4, -0.2) is 27.0 Å². The number of aromatic nitrogens is 2. The molecule has 0 saturated carbocycles. The van der Waals surface area contributed by atoms with Gasteiger partial charge in [0.1, 0.15) is 18.1 Å². The number of benzene rings is 5. The molecule has 6 aromatic rings. The Kier molecular flexibility index (Phi) is 8.99. The number of anilines is 1. The molecule has 1 aromatic heterocycles. The Balaban J connectivity index is 1.17. The van der Waals surface area contributed by atoms with Crippen LogP contribution in [0.3, 0.4) is 0 Å². The number of rotatable bonds is 9. The number of aryl methyl sites for hydroxylation is 1. The highest BCUT2D eigenvalue weighted by molar-refractivity contribution is 8.00. The highest BCUT2D eigenvalue weighted by atomic mass is 35.5. The van der Waals surface area contributed by atoms with E-state index in [0.29, 0.717) is 38.6 Å². The lowest BCUT2D eigenvalue weighted by atomic mass is 9.95. The van der Waals surface area contributed by atoms with Gasteiger partial charge in [0.2, 0.25) is 5.13 Å². The van der Waals surface area contributed by atoms with Crippen molar-refractivity contribution in [1.29, 1.82) is 0 Å². The number of hydrogen-bond donors (Lipinski definition) is 1. The van der Waals surface area contributed by atoms with Crippen molar-refractivity contribution in [3.63, 3.8) is 0 Å². The second-order valence-electron chi connectivity index (χ2n) is 11.3. The summed E-state index contributed by atoms with van der Waals surface area (Å²) in [5.41, 5.74) is 4.26. The first-order valence-electron chi connectivity index (χ1n) is 15.1. The molecule has 1 atom stereocenters. The average molecular weight is 690 g/mol. The monoisotopic (exact) mass is 689 g/mol. The summed E-state index contributed by atoms with van der Waals surface area (Å²) in [6, 6.07) is 35.1. The molecule has 1 aliphatic rings. The van der Waals surface area contributed by atoms with E-state index in [1.165, 1.54) is 28.0 Å². The van der Waals surface area contributed by atoms with Gasteiger partial charge in [-0.2, -0.15) is 0 Å². The number of aliphatic hydroxyl groups excluding tert-OH is 1. The highest BCUT2D eigenvalue weighted by Gasteiger charge is 2.48. The molecule has 48 heavy (non-hydrogen) atoms. The maximum atomic E-state index is 13.7. The van der Waals surface area contributed by atoms with Crippen molar-refractivity contribution in [1.82, 2.24) is 10.2 Å². The van der Waals surface area contributed by atoms with Gasteiger partial charge in [-0.05, 0) is 70.8 Å². The topological polar surface area (TPSA) is 92.6 Å². The molecular formula is C38H28ClN3O4S2. The minimum absolute atomic E-state index is 0.0455. The molecule has 7 nitrogen and oxygen atoms in total. The number of carbonyl (C=O) groups is 2. The molecule has 10 heteroatoms. The minimum Gasteiger partial charge on any atom is -0.507 e. The van der Waals surface area contributed by atoms with E-state index in [9.17, 15) is 14.7 Å². The van der Waals surface area contributed by atoms with Crippen LogP contribution in [0.25, 0.3) is 16.5 Å². The van der Waals surface area contributed by atoms with Gasteiger partial charge in [-0.15, -0.1) is 10.2 Å². The number of nitrogens with zero attached hydrogens (tertiary/aromatic N) is 3. The first-order valence-corrected chi connectivity index (χ1v) is 17.3. The summed E-state index contributed by atoms with van der Waals surface area (Å²) < 4.78 is 6.59. The smallest absolute Gasteiger partial charge is 0.301 e. The van der Waals surface area contributed by atoms with Crippen LogP contribution in [0, 0.1) is 6.92 Å². The molecule has 1 N–H and O–H groups in total. The van der Waals surface area contributed by atoms with Crippen LogP contribution < -0.4 is 9.64 Å². The van der Waals surface area contributed by atoms with Crippen molar-refractivity contribution >= 4 is 68.1 Å². The molecule has 1 saturated heterocycles. The first-order chi connectivity index (χ1) is 23.4. The van der Waals surface area contributed by atoms with E-state index < -0.39 is 17.7 Å². The van der Waals surface area contributed by atoms with Crippen molar-refractivity contribution < 1.29 is 19.4 Å². The summed E-state index contributed by atoms with van der Waals surface area (Å²) in [5, 5.41) is 23.3. The van der Waals surface area contributed by atoms with Crippen LogP contribution in [0.15, 0.2) is 125 Å². The van der Waals surface area contributed by atoms with Crippen LogP contribution in [-0.2, 0) is 21.9 Å². The predicted octanol–water partition coefficient (Wildman–Crippen LogP) is 9.15. The standard InChI is InChI=1S/C38H28ClN3O4S2/c1-23-6-4-7-24(20-23)21-46-30-18-14-27(15-19-30)34(43)32-33(26-12-16-29(39)17-13-26)42(36(45)35(32)44)37-40-41-38(48-37)47-22-28-10-5-9-25-8-2-3-11-31(25)28/h2-20,33,43H,21-22H2,1H3/b34-32+. The third-order valence-electron chi connectivity index (χ3n) is 8.08. The molecule has 0 spiro atoms. The van der Waals surface area contributed by atoms with E-state index in [1.54, 1.807) is 48.5 Å². The summed E-state index contributed by atoms with van der Waals surface area (Å²) in [6.45, 7) is 2.41. The average Bonchev–Trinajstić information content (AvgIpc) is 3.68. The van der Waals surface area contributed by atoms with E-state index in [4.69, 9.17) is 16.3 Å². The second-order valence-corrected chi connectivity index (χ2v) is 13.9. The number of Topliss-reactive ketones (excluding diaryl/α,β-unsaturated/α-hetero) is 1. The lowest BCUT2D eigenvalue weighted by molar-refractivity contribution is -0.132. The summed E-state index contributed by atoms with van der Waals surface area (Å²) >= 11 is 8.93. The number of halogens is 1. The van der Waals surface area contributed by atoms with Crippen molar-refractivity contribution in [3.8, 4) is 5.75 Å². The van der Waals surface area contributed by atoms with Gasteiger partial charge in [0.05, 0.1) is 11.6 Å². The molecule has 1 amide bonds. The van der Waals surface area contributed by atoms with Crippen molar-refractivity contribution in [2.75, 3.05) is 4.90 Å². The maximum absolute atomic E-state index is 13.7. The molecule has 7 rings (SSSR count). The number of aliphatic hydroxyl groups is 1. The molecule has 1 aliphatic heterocycles. The second kappa shape index (κ2) is 13.6. The van der Waals surface area contributed by atoms with Crippen molar-refractivity contribution in [2.24, 2.45) is 0 Å². The number of ketones is 1. The quantitative estimate of drug-likeness (QED) is 0.0532. The normalized spacial score (nSPS) is 15.7. The molecule has 0 bridgehead atoms. The van der Waals surface area contributed by atoms with Gasteiger partial charge >= 0.3 is 5.91 Å². The summed E-state index contributed by atoms with van der Waals surface area (Å²) in [6.07, 6.45) is 0. The molecule has 0 aliphatic carbocycles. The number of carbonyl (C=O) groups excluding carboxylic acids is 2. The van der Waals surface area contributed by atoms with Gasteiger partial charge in [-0.3, -0.25) is 14.5 Å². The molecule has 238 valence electrons. The first kappa shape index (κ1) is 31.6. The molecule has 2 heterocycles. The van der Waals surface area contributed by atoms with Gasteiger partial charge in [-0.1, -0.05) is 119 Å². The van der Waals surface area contributed by atoms with Crippen LogP contribution in [0.2, 0.25) is 5.02 Å². The van der Waals surface area contributed by atoms with E-state index in [0.717, 1.165) is 27.5 Å². The van der Waals surface area contributed by atoms with Gasteiger partial charge < -0.3 is 9.84 Å². The minimum atomic E-state index is -0.941. The summed E-state index contributed by atoms with van der Waals surface area (Å²) in [5.74, 6) is -0.648. The Hall–Kier alpha value is -4.96. The fourth-order valence-corrected chi connectivity index (χ4v) is 7.74. The van der Waals surface area contributed by atoms with E-state index in [-0.39, 0.29) is 16.5 Å². The summed E-state index contributed by atoms with van der Waals surface area (Å²) in [7, 11) is 0. The fraction of sp³-hybridized carbons (Fsp3) is 0.105. The number of amides is 1. The molecular weight excluding hydrogens is 662 g/mol.